The summed E-state index contributed by atoms with van der Waals surface area (Å²) in [5, 5.41) is 20.2. The average molecular weight is 177 g/mol. The van der Waals surface area contributed by atoms with Crippen molar-refractivity contribution < 1.29 is 10.3 Å². The quantitative estimate of drug-likeness (QED) is 0.321. The first-order valence-electron chi connectivity index (χ1n) is 3.85. The van der Waals surface area contributed by atoms with Crippen LogP contribution in [0.4, 0.5) is 0 Å². The molecule has 13 heavy (non-hydrogen) atoms. The van der Waals surface area contributed by atoms with Gasteiger partial charge in [0.1, 0.15) is 0 Å². The van der Waals surface area contributed by atoms with Gasteiger partial charge in [-0.2, -0.15) is 0 Å². The predicted molar refractivity (Wildman–Crippen MR) is 51.3 cm³/mol. The van der Waals surface area contributed by atoms with Gasteiger partial charge < -0.3 is 10.3 Å². The van der Waals surface area contributed by atoms with Gasteiger partial charge in [-0.25, -0.2) is 0 Å². The van der Waals surface area contributed by atoms with E-state index in [2.05, 4.69) is 11.7 Å². The lowest BCUT2D eigenvalue weighted by Gasteiger charge is -1.99. The van der Waals surface area contributed by atoms with Crippen molar-refractivity contribution >= 4 is 6.21 Å². The Labute approximate surface area is 76.6 Å². The molecule has 1 aromatic rings. The molecule has 0 radical (unpaired) electrons. The van der Waals surface area contributed by atoms with Crippen molar-refractivity contribution in [1.82, 2.24) is 0 Å². The van der Waals surface area contributed by atoms with Gasteiger partial charge >= 0.3 is 0 Å². The molecule has 0 fully saturated rings. The highest BCUT2D eigenvalue weighted by atomic mass is 16.4. The zero-order chi connectivity index (χ0) is 9.68. The lowest BCUT2D eigenvalue weighted by Crippen LogP contribution is -1.89. The van der Waals surface area contributed by atoms with Gasteiger partial charge in [-0.05, 0) is 17.2 Å². The predicted octanol–water partition coefficient (Wildman–Crippen LogP) is 2.11. The van der Waals surface area contributed by atoms with E-state index in [4.69, 9.17) is 10.3 Å². The summed E-state index contributed by atoms with van der Waals surface area (Å²) < 4.78 is 0. The molecule has 1 aromatic carbocycles. The molecule has 0 atom stereocenters. The topological polar surface area (TPSA) is 52.8 Å². The van der Waals surface area contributed by atoms with E-state index in [1.165, 1.54) is 6.21 Å². The summed E-state index contributed by atoms with van der Waals surface area (Å²) in [4.78, 5) is 0. The summed E-state index contributed by atoms with van der Waals surface area (Å²) in [6.07, 6.45) is 1.76. The molecule has 0 aliphatic rings. The zero-order valence-corrected chi connectivity index (χ0v) is 7.14. The number of nitrogens with zero attached hydrogens (tertiary/aromatic N) is 1. The molecular weight excluding hydrogens is 166 g/mol. The Bertz CT molecular complexity index is 331. The Morgan fingerprint density at radius 2 is 2.31 bits per heavy atom. The molecule has 0 amide bonds. The van der Waals surface area contributed by atoms with E-state index in [1.807, 2.05) is 24.3 Å². The molecular formula is C10H11NO2. The Morgan fingerprint density at radius 1 is 1.54 bits per heavy atom. The second-order valence-electron chi connectivity index (χ2n) is 2.73. The van der Waals surface area contributed by atoms with E-state index in [-0.39, 0.29) is 5.76 Å². The Hall–Kier alpha value is -1.77. The largest absolute Gasteiger partial charge is 0.513 e. The van der Waals surface area contributed by atoms with Crippen molar-refractivity contribution in [2.24, 2.45) is 5.16 Å². The summed E-state index contributed by atoms with van der Waals surface area (Å²) >= 11 is 0. The van der Waals surface area contributed by atoms with Crippen molar-refractivity contribution in [3.8, 4) is 0 Å². The van der Waals surface area contributed by atoms with Crippen LogP contribution in [0.1, 0.15) is 11.1 Å². The number of oxime groups is 1. The van der Waals surface area contributed by atoms with Gasteiger partial charge in [-0.1, -0.05) is 29.9 Å². The van der Waals surface area contributed by atoms with Crippen LogP contribution in [-0.4, -0.2) is 16.5 Å². The van der Waals surface area contributed by atoms with E-state index in [1.54, 1.807) is 0 Å². The van der Waals surface area contributed by atoms with Crippen LogP contribution in [0.25, 0.3) is 0 Å². The first kappa shape index (κ1) is 9.32. The van der Waals surface area contributed by atoms with Crippen LogP contribution in [0.5, 0.6) is 0 Å². The second-order valence-corrected chi connectivity index (χ2v) is 2.73. The molecule has 0 spiro atoms. The van der Waals surface area contributed by atoms with Crippen molar-refractivity contribution in [2.45, 2.75) is 6.42 Å². The normalized spacial score (nSPS) is 10.5. The number of hydrogen-bond acceptors (Lipinski definition) is 3. The maximum atomic E-state index is 8.95. The van der Waals surface area contributed by atoms with Crippen LogP contribution in [0.15, 0.2) is 41.8 Å². The van der Waals surface area contributed by atoms with E-state index in [0.29, 0.717) is 6.42 Å². The number of aliphatic hydroxyl groups is 1. The van der Waals surface area contributed by atoms with Gasteiger partial charge in [0.05, 0.1) is 12.0 Å². The molecule has 0 saturated heterocycles. The van der Waals surface area contributed by atoms with E-state index in [0.717, 1.165) is 11.1 Å². The molecule has 0 aliphatic carbocycles. The van der Waals surface area contributed by atoms with Crippen LogP contribution < -0.4 is 0 Å². The number of benzene rings is 1. The number of hydrogen-bond donors (Lipinski definition) is 2. The average Bonchev–Trinajstić information content (AvgIpc) is 2.04. The highest BCUT2D eigenvalue weighted by molar-refractivity contribution is 5.79. The van der Waals surface area contributed by atoms with Crippen molar-refractivity contribution in [3.05, 3.63) is 47.7 Å². The highest BCUT2D eigenvalue weighted by Crippen LogP contribution is 2.06. The maximum Gasteiger partial charge on any atom is 0.0894 e. The standard InChI is InChI=1S/C10H11NO2/c1-8(12)5-9-3-2-4-10(6-9)7-11-13/h2-4,6-7,12-13H,1,5H2. The summed E-state index contributed by atoms with van der Waals surface area (Å²) in [6.45, 7) is 3.40. The minimum atomic E-state index is 0.123. The third-order valence-electron chi connectivity index (χ3n) is 1.57. The number of rotatable bonds is 3. The lowest BCUT2D eigenvalue weighted by atomic mass is 10.1. The van der Waals surface area contributed by atoms with Gasteiger partial charge in [0.25, 0.3) is 0 Å². The molecule has 0 saturated carbocycles. The fourth-order valence-corrected chi connectivity index (χ4v) is 1.09. The van der Waals surface area contributed by atoms with Crippen molar-refractivity contribution in [3.63, 3.8) is 0 Å². The van der Waals surface area contributed by atoms with Gasteiger partial charge in [0.2, 0.25) is 0 Å². The SMILES string of the molecule is C=C(O)Cc1cccc(C=NO)c1. The summed E-state index contributed by atoms with van der Waals surface area (Å²) in [6, 6.07) is 7.33. The second kappa shape index (κ2) is 4.30. The Kier molecular flexibility index (Phi) is 3.09. The third kappa shape index (κ3) is 2.99. The molecule has 68 valence electrons. The first-order valence-corrected chi connectivity index (χ1v) is 3.85. The lowest BCUT2D eigenvalue weighted by molar-refractivity contribution is 0.322. The minimum absolute atomic E-state index is 0.123. The van der Waals surface area contributed by atoms with Crippen LogP contribution in [-0.2, 0) is 6.42 Å². The smallest absolute Gasteiger partial charge is 0.0894 e. The third-order valence-corrected chi connectivity index (χ3v) is 1.57. The molecule has 0 heterocycles. The van der Waals surface area contributed by atoms with Crippen LogP contribution >= 0.6 is 0 Å². The minimum Gasteiger partial charge on any atom is -0.513 e. The fraction of sp³-hybridized carbons (Fsp3) is 0.100. The summed E-state index contributed by atoms with van der Waals surface area (Å²) in [7, 11) is 0. The van der Waals surface area contributed by atoms with E-state index < -0.39 is 0 Å². The van der Waals surface area contributed by atoms with Gasteiger partial charge in [0.15, 0.2) is 0 Å². The molecule has 2 N–H and O–H groups in total. The monoisotopic (exact) mass is 177 g/mol. The maximum absolute atomic E-state index is 8.95. The molecule has 0 aromatic heterocycles. The number of aliphatic hydroxyl groups excluding tert-OH is 1. The molecule has 1 rings (SSSR count). The molecule has 3 heteroatoms. The highest BCUT2D eigenvalue weighted by Gasteiger charge is 1.95. The van der Waals surface area contributed by atoms with Crippen LogP contribution in [0.3, 0.4) is 0 Å². The van der Waals surface area contributed by atoms with Gasteiger partial charge in [-0.15, -0.1) is 0 Å². The number of allylic oxidation sites excluding steroid dienone is 1. The molecule has 0 unspecified atom stereocenters. The molecule has 3 nitrogen and oxygen atoms in total. The summed E-state index contributed by atoms with van der Waals surface area (Å²) in [5.74, 6) is 0.123. The molecule has 0 aliphatic heterocycles. The van der Waals surface area contributed by atoms with Crippen LogP contribution in [0.2, 0.25) is 0 Å². The van der Waals surface area contributed by atoms with Gasteiger partial charge in [-0.3, -0.25) is 0 Å². The fourth-order valence-electron chi connectivity index (χ4n) is 1.09. The molecule has 0 bridgehead atoms. The zero-order valence-electron chi connectivity index (χ0n) is 7.14. The van der Waals surface area contributed by atoms with Gasteiger partial charge in [0, 0.05) is 6.42 Å². The van der Waals surface area contributed by atoms with Crippen molar-refractivity contribution in [2.75, 3.05) is 0 Å². The first-order chi connectivity index (χ1) is 6.22. The van der Waals surface area contributed by atoms with E-state index in [9.17, 15) is 0 Å². The Morgan fingerprint density at radius 3 is 2.92 bits per heavy atom. The van der Waals surface area contributed by atoms with E-state index >= 15 is 0 Å². The Balaban J connectivity index is 2.85. The summed E-state index contributed by atoms with van der Waals surface area (Å²) in [5.41, 5.74) is 1.73. The van der Waals surface area contributed by atoms with Crippen molar-refractivity contribution in [1.29, 1.82) is 0 Å². The van der Waals surface area contributed by atoms with Crippen LogP contribution in [0, 0.1) is 0 Å².